The molecule has 11 heteroatoms. The molecule has 2 N–H and O–H groups in total. The monoisotopic (exact) mass is 484 g/mol. The molecule has 178 valence electrons. The number of amides is 2. The van der Waals surface area contributed by atoms with E-state index in [0.717, 1.165) is 19.0 Å². The van der Waals surface area contributed by atoms with E-state index in [-0.39, 0.29) is 35.8 Å². The van der Waals surface area contributed by atoms with Gasteiger partial charge in [0.2, 0.25) is 11.9 Å². The molecule has 2 saturated heterocycles. The van der Waals surface area contributed by atoms with Crippen molar-refractivity contribution in [2.75, 3.05) is 31.6 Å². The molecule has 0 saturated carbocycles. The summed E-state index contributed by atoms with van der Waals surface area (Å²) in [5, 5.41) is 8.06. The Morgan fingerprint density at radius 3 is 2.79 bits per heavy atom. The van der Waals surface area contributed by atoms with E-state index in [9.17, 15) is 14.0 Å². The standard InChI is InChI=1S/C23H25FN6O3S/c1-13(15-8-16(24)10-25-9-15)26-23-28-18-4-7-34-20(18)19(29-23)22(32)30-11-17(12-30)27-21(31)14-2-5-33-6-3-14/h4,7-10,13-14,17H,2-3,5-6,11-12H2,1H3,(H,27,31)(H,26,28,29)/t13-/m0/s1. The van der Waals surface area contributed by atoms with E-state index in [2.05, 4.69) is 25.6 Å². The van der Waals surface area contributed by atoms with Gasteiger partial charge in [-0.3, -0.25) is 14.6 Å². The van der Waals surface area contributed by atoms with Crippen LogP contribution in [-0.2, 0) is 9.53 Å². The molecule has 0 unspecified atom stereocenters. The number of carbonyl (C=O) groups excluding carboxylic acids is 2. The van der Waals surface area contributed by atoms with Crippen molar-refractivity contribution < 1.29 is 18.7 Å². The third-order valence-corrected chi connectivity index (χ3v) is 7.10. The molecule has 0 radical (unpaired) electrons. The fraction of sp³-hybridized carbons (Fsp3) is 0.435. The molecule has 0 aromatic carbocycles. The quantitative estimate of drug-likeness (QED) is 0.554. The predicted octanol–water partition coefficient (Wildman–Crippen LogP) is 2.77. The van der Waals surface area contributed by atoms with Crippen LogP contribution < -0.4 is 10.6 Å². The molecule has 0 aliphatic carbocycles. The first-order chi connectivity index (χ1) is 16.5. The number of ether oxygens (including phenoxy) is 1. The number of halogens is 1. The van der Waals surface area contributed by atoms with Crippen LogP contribution in [-0.4, -0.2) is 64.0 Å². The van der Waals surface area contributed by atoms with Crippen molar-refractivity contribution in [1.29, 1.82) is 0 Å². The minimum atomic E-state index is -0.424. The van der Waals surface area contributed by atoms with Gasteiger partial charge in [0, 0.05) is 38.4 Å². The summed E-state index contributed by atoms with van der Waals surface area (Å²) >= 11 is 1.41. The second-order valence-corrected chi connectivity index (χ2v) is 9.55. The number of rotatable bonds is 6. The average Bonchev–Trinajstić information content (AvgIpc) is 3.29. The van der Waals surface area contributed by atoms with Gasteiger partial charge in [-0.2, -0.15) is 0 Å². The van der Waals surface area contributed by atoms with Crippen molar-refractivity contribution in [1.82, 2.24) is 25.2 Å². The van der Waals surface area contributed by atoms with Gasteiger partial charge in [-0.15, -0.1) is 11.3 Å². The lowest BCUT2D eigenvalue weighted by atomic mass is 9.98. The summed E-state index contributed by atoms with van der Waals surface area (Å²) in [5.74, 6) is -0.316. The molecular weight excluding hydrogens is 459 g/mol. The number of hydrogen-bond acceptors (Lipinski definition) is 8. The van der Waals surface area contributed by atoms with Crippen molar-refractivity contribution in [2.45, 2.75) is 31.8 Å². The zero-order valence-corrected chi connectivity index (χ0v) is 19.5. The van der Waals surface area contributed by atoms with Crippen molar-refractivity contribution in [3.05, 3.63) is 47.0 Å². The van der Waals surface area contributed by atoms with E-state index in [0.29, 0.717) is 47.8 Å². The minimum Gasteiger partial charge on any atom is -0.381 e. The van der Waals surface area contributed by atoms with Crippen molar-refractivity contribution in [3.8, 4) is 0 Å². The Balaban J connectivity index is 1.26. The highest BCUT2D eigenvalue weighted by molar-refractivity contribution is 7.17. The molecule has 9 nitrogen and oxygen atoms in total. The number of likely N-dealkylation sites (tertiary alicyclic amines) is 1. The summed E-state index contributed by atoms with van der Waals surface area (Å²) in [7, 11) is 0. The van der Waals surface area contributed by atoms with Crippen molar-refractivity contribution in [3.63, 3.8) is 0 Å². The second-order valence-electron chi connectivity index (χ2n) is 8.64. The maximum absolute atomic E-state index is 13.6. The van der Waals surface area contributed by atoms with E-state index < -0.39 is 5.82 Å². The Hall–Kier alpha value is -3.18. The number of thiophene rings is 1. The Labute approximate surface area is 199 Å². The lowest BCUT2D eigenvalue weighted by molar-refractivity contribution is -0.129. The van der Waals surface area contributed by atoms with Gasteiger partial charge in [-0.25, -0.2) is 14.4 Å². The molecule has 2 aliphatic heterocycles. The van der Waals surface area contributed by atoms with Crippen LogP contribution in [0.4, 0.5) is 10.3 Å². The lowest BCUT2D eigenvalue weighted by Crippen LogP contribution is -2.61. The lowest BCUT2D eigenvalue weighted by Gasteiger charge is -2.40. The van der Waals surface area contributed by atoms with Gasteiger partial charge in [0.15, 0.2) is 5.69 Å². The van der Waals surface area contributed by atoms with Gasteiger partial charge >= 0.3 is 0 Å². The van der Waals surface area contributed by atoms with E-state index in [4.69, 9.17) is 4.74 Å². The van der Waals surface area contributed by atoms with Crippen molar-refractivity contribution >= 4 is 39.3 Å². The number of carbonyl (C=O) groups is 2. The zero-order chi connectivity index (χ0) is 23.7. The van der Waals surface area contributed by atoms with Crippen LogP contribution in [0.5, 0.6) is 0 Å². The van der Waals surface area contributed by atoms with E-state index in [1.54, 1.807) is 11.1 Å². The number of nitrogens with zero attached hydrogens (tertiary/aromatic N) is 4. The fourth-order valence-electron chi connectivity index (χ4n) is 4.18. The maximum atomic E-state index is 13.6. The summed E-state index contributed by atoms with van der Waals surface area (Å²) < 4.78 is 19.6. The Morgan fingerprint density at radius 1 is 1.24 bits per heavy atom. The molecule has 1 atom stereocenters. The zero-order valence-electron chi connectivity index (χ0n) is 18.7. The Kier molecular flexibility index (Phi) is 6.38. The van der Waals surface area contributed by atoms with Crippen LogP contribution in [0.3, 0.4) is 0 Å². The number of hydrogen-bond donors (Lipinski definition) is 2. The number of fused-ring (bicyclic) bond motifs is 1. The van der Waals surface area contributed by atoms with E-state index in [1.165, 1.54) is 17.4 Å². The van der Waals surface area contributed by atoms with Crippen LogP contribution >= 0.6 is 11.3 Å². The predicted molar refractivity (Wildman–Crippen MR) is 125 cm³/mol. The third-order valence-electron chi connectivity index (χ3n) is 6.19. The van der Waals surface area contributed by atoms with Gasteiger partial charge in [0.25, 0.3) is 5.91 Å². The fourth-order valence-corrected chi connectivity index (χ4v) is 4.99. The minimum absolute atomic E-state index is 0.0185. The molecule has 3 aromatic heterocycles. The summed E-state index contributed by atoms with van der Waals surface area (Å²) in [4.78, 5) is 40.3. The molecule has 2 amide bonds. The van der Waals surface area contributed by atoms with Crippen LogP contribution in [0.2, 0.25) is 0 Å². The number of aromatic nitrogens is 3. The molecule has 2 aliphatic rings. The summed E-state index contributed by atoms with van der Waals surface area (Å²) in [5.41, 5.74) is 1.63. The van der Waals surface area contributed by atoms with Crippen molar-refractivity contribution in [2.24, 2.45) is 5.92 Å². The normalized spacial score (nSPS) is 17.9. The Morgan fingerprint density at radius 2 is 2.03 bits per heavy atom. The van der Waals surface area contributed by atoms with Gasteiger partial charge in [0.05, 0.1) is 28.5 Å². The SMILES string of the molecule is C[C@H](Nc1nc(C(=O)N2CC(NC(=O)C3CCOCC3)C2)c2sccc2n1)c1cncc(F)c1. The van der Waals surface area contributed by atoms with Gasteiger partial charge in [-0.05, 0) is 42.8 Å². The van der Waals surface area contributed by atoms with Crippen LogP contribution in [0.25, 0.3) is 10.2 Å². The number of nitrogens with one attached hydrogen (secondary N) is 2. The third kappa shape index (κ3) is 4.71. The van der Waals surface area contributed by atoms with E-state index >= 15 is 0 Å². The number of anilines is 1. The van der Waals surface area contributed by atoms with Crippen LogP contribution in [0, 0.1) is 11.7 Å². The topological polar surface area (TPSA) is 109 Å². The first kappa shape index (κ1) is 22.6. The largest absolute Gasteiger partial charge is 0.381 e. The maximum Gasteiger partial charge on any atom is 0.274 e. The van der Waals surface area contributed by atoms with Gasteiger partial charge < -0.3 is 20.3 Å². The van der Waals surface area contributed by atoms with Crippen LogP contribution in [0.1, 0.15) is 41.9 Å². The highest BCUT2D eigenvalue weighted by atomic mass is 32.1. The molecule has 5 heterocycles. The van der Waals surface area contributed by atoms with Gasteiger partial charge in [-0.1, -0.05) is 0 Å². The summed E-state index contributed by atoms with van der Waals surface area (Å²) in [6.45, 7) is 3.96. The first-order valence-electron chi connectivity index (χ1n) is 11.3. The first-order valence-corrected chi connectivity index (χ1v) is 12.2. The molecular formula is C23H25FN6O3S. The smallest absolute Gasteiger partial charge is 0.274 e. The Bertz CT molecular complexity index is 1210. The summed E-state index contributed by atoms with van der Waals surface area (Å²) in [6, 6.07) is 2.87. The molecule has 3 aromatic rings. The summed E-state index contributed by atoms with van der Waals surface area (Å²) in [6.07, 6.45) is 4.19. The highest BCUT2D eigenvalue weighted by Gasteiger charge is 2.35. The molecule has 0 spiro atoms. The molecule has 5 rings (SSSR count). The van der Waals surface area contributed by atoms with E-state index in [1.807, 2.05) is 18.4 Å². The van der Waals surface area contributed by atoms with Gasteiger partial charge in [0.1, 0.15) is 5.82 Å². The molecule has 0 bridgehead atoms. The highest BCUT2D eigenvalue weighted by Crippen LogP contribution is 2.27. The average molecular weight is 485 g/mol. The number of pyridine rings is 1. The second kappa shape index (κ2) is 9.59. The molecule has 34 heavy (non-hydrogen) atoms. The van der Waals surface area contributed by atoms with Crippen LogP contribution in [0.15, 0.2) is 29.9 Å². The molecule has 2 fully saturated rings.